The van der Waals surface area contributed by atoms with Gasteiger partial charge in [0.25, 0.3) is 0 Å². The van der Waals surface area contributed by atoms with Gasteiger partial charge in [-0.2, -0.15) is 0 Å². The highest BCUT2D eigenvalue weighted by atomic mass is 32.2. The molecule has 2 heterocycles. The van der Waals surface area contributed by atoms with Crippen LogP contribution in [0.4, 0.5) is 4.39 Å². The van der Waals surface area contributed by atoms with E-state index in [-0.39, 0.29) is 5.82 Å². The summed E-state index contributed by atoms with van der Waals surface area (Å²) >= 11 is 1.65. The van der Waals surface area contributed by atoms with Crippen LogP contribution in [0.2, 0.25) is 0 Å². The largest absolute Gasteiger partial charge is 0.343 e. The highest BCUT2D eigenvalue weighted by molar-refractivity contribution is 7.98. The first-order valence-electron chi connectivity index (χ1n) is 6.00. The van der Waals surface area contributed by atoms with Gasteiger partial charge in [-0.3, -0.25) is 0 Å². The molecule has 96 valence electrons. The molecule has 2 nitrogen and oxygen atoms in total. The van der Waals surface area contributed by atoms with Crippen LogP contribution in [0.3, 0.4) is 0 Å². The van der Waals surface area contributed by atoms with Crippen LogP contribution in [0, 0.1) is 5.82 Å². The van der Waals surface area contributed by atoms with Gasteiger partial charge in [-0.1, -0.05) is 12.1 Å². The van der Waals surface area contributed by atoms with E-state index in [9.17, 15) is 4.39 Å². The molecule has 0 saturated heterocycles. The summed E-state index contributed by atoms with van der Waals surface area (Å²) in [7, 11) is 0. The lowest BCUT2D eigenvalue weighted by atomic mass is 10.2. The maximum atomic E-state index is 12.9. The van der Waals surface area contributed by atoms with E-state index >= 15 is 0 Å². The van der Waals surface area contributed by atoms with Crippen molar-refractivity contribution in [2.24, 2.45) is 0 Å². The first-order valence-corrected chi connectivity index (χ1v) is 7.22. The number of hydrogen-bond donors (Lipinski definition) is 0. The third-order valence-corrected chi connectivity index (χ3v) is 3.83. The summed E-state index contributed by atoms with van der Waals surface area (Å²) in [4.78, 5) is 4.36. The predicted octanol–water partition coefficient (Wildman–Crippen LogP) is 3.95. The molecule has 0 saturated carbocycles. The molecule has 0 unspecified atom stereocenters. The van der Waals surface area contributed by atoms with E-state index in [0.29, 0.717) is 0 Å². The average molecular weight is 272 g/mol. The predicted molar refractivity (Wildman–Crippen MR) is 77.0 cm³/mol. The SMILES string of the molecule is CSc1nccc2c1ccn2Cc1ccc(F)cc1. The van der Waals surface area contributed by atoms with Crippen molar-refractivity contribution in [3.63, 3.8) is 0 Å². The van der Waals surface area contributed by atoms with Crippen LogP contribution >= 0.6 is 11.8 Å². The molecule has 0 amide bonds. The molecule has 0 bridgehead atoms. The van der Waals surface area contributed by atoms with Gasteiger partial charge in [0, 0.05) is 24.3 Å². The maximum Gasteiger partial charge on any atom is 0.123 e. The summed E-state index contributed by atoms with van der Waals surface area (Å²) in [6.07, 6.45) is 5.91. The first kappa shape index (κ1) is 12.2. The van der Waals surface area contributed by atoms with Gasteiger partial charge in [-0.05, 0) is 36.1 Å². The molecule has 0 N–H and O–H groups in total. The fourth-order valence-corrected chi connectivity index (χ4v) is 2.74. The molecule has 0 atom stereocenters. The summed E-state index contributed by atoms with van der Waals surface area (Å²) in [5, 5.41) is 2.20. The van der Waals surface area contributed by atoms with Crippen molar-refractivity contribution >= 4 is 22.7 Å². The van der Waals surface area contributed by atoms with Crippen molar-refractivity contribution in [3.8, 4) is 0 Å². The Morgan fingerprint density at radius 1 is 1.16 bits per heavy atom. The monoisotopic (exact) mass is 272 g/mol. The van der Waals surface area contributed by atoms with E-state index in [4.69, 9.17) is 0 Å². The number of benzene rings is 1. The Morgan fingerprint density at radius 2 is 1.95 bits per heavy atom. The van der Waals surface area contributed by atoms with Crippen LogP contribution < -0.4 is 0 Å². The second-order valence-electron chi connectivity index (χ2n) is 4.32. The van der Waals surface area contributed by atoms with Gasteiger partial charge in [-0.15, -0.1) is 11.8 Å². The minimum Gasteiger partial charge on any atom is -0.343 e. The van der Waals surface area contributed by atoms with Crippen LogP contribution in [0.15, 0.2) is 53.8 Å². The molecule has 0 fully saturated rings. The van der Waals surface area contributed by atoms with Gasteiger partial charge >= 0.3 is 0 Å². The lowest BCUT2D eigenvalue weighted by Crippen LogP contribution is -1.98. The van der Waals surface area contributed by atoms with Crippen molar-refractivity contribution in [1.82, 2.24) is 9.55 Å². The Balaban J connectivity index is 1.99. The molecule has 1 aromatic carbocycles. The minimum atomic E-state index is -0.199. The van der Waals surface area contributed by atoms with Crippen LogP contribution in [0.5, 0.6) is 0 Å². The Morgan fingerprint density at radius 3 is 2.68 bits per heavy atom. The van der Waals surface area contributed by atoms with E-state index < -0.39 is 0 Å². The number of pyridine rings is 1. The molecule has 0 aliphatic heterocycles. The quantitative estimate of drug-likeness (QED) is 0.672. The maximum absolute atomic E-state index is 12.9. The lowest BCUT2D eigenvalue weighted by molar-refractivity contribution is 0.626. The lowest BCUT2D eigenvalue weighted by Gasteiger charge is -2.06. The standard InChI is InChI=1S/C15H13FN2S/c1-19-15-13-7-9-18(14(13)6-8-17-15)10-11-2-4-12(16)5-3-11/h2-9H,10H2,1H3. The van der Waals surface area contributed by atoms with Crippen molar-refractivity contribution in [3.05, 3.63) is 60.2 Å². The molecular formula is C15H13FN2S. The van der Waals surface area contributed by atoms with E-state index in [2.05, 4.69) is 21.8 Å². The molecule has 0 aliphatic carbocycles. The summed E-state index contributed by atoms with van der Waals surface area (Å²) in [6.45, 7) is 0.738. The summed E-state index contributed by atoms with van der Waals surface area (Å²) in [6, 6.07) is 10.7. The molecule has 4 heteroatoms. The number of nitrogens with zero attached hydrogens (tertiary/aromatic N) is 2. The molecule has 0 radical (unpaired) electrons. The van der Waals surface area contributed by atoms with Crippen LogP contribution in [0.1, 0.15) is 5.56 Å². The second-order valence-corrected chi connectivity index (χ2v) is 5.12. The van der Waals surface area contributed by atoms with E-state index in [1.54, 1.807) is 11.8 Å². The van der Waals surface area contributed by atoms with Crippen molar-refractivity contribution < 1.29 is 4.39 Å². The van der Waals surface area contributed by atoms with E-state index in [1.807, 2.05) is 30.7 Å². The third-order valence-electron chi connectivity index (χ3n) is 3.12. The van der Waals surface area contributed by atoms with Gasteiger partial charge in [0.2, 0.25) is 0 Å². The zero-order chi connectivity index (χ0) is 13.2. The number of thioether (sulfide) groups is 1. The van der Waals surface area contributed by atoms with Crippen molar-refractivity contribution in [2.45, 2.75) is 11.6 Å². The first-order chi connectivity index (χ1) is 9.28. The van der Waals surface area contributed by atoms with Crippen LogP contribution in [0.25, 0.3) is 10.9 Å². The number of fused-ring (bicyclic) bond motifs is 1. The highest BCUT2D eigenvalue weighted by Crippen LogP contribution is 2.25. The molecule has 0 spiro atoms. The van der Waals surface area contributed by atoms with Gasteiger partial charge in [0.05, 0.1) is 5.52 Å². The van der Waals surface area contributed by atoms with Gasteiger partial charge in [0.1, 0.15) is 10.8 Å². The fraction of sp³-hybridized carbons (Fsp3) is 0.133. The molecular weight excluding hydrogens is 259 g/mol. The molecule has 2 aromatic heterocycles. The Bertz CT molecular complexity index is 704. The summed E-state index contributed by atoms with van der Waals surface area (Å²) in [5.74, 6) is -0.199. The second kappa shape index (κ2) is 5.05. The van der Waals surface area contributed by atoms with Crippen molar-refractivity contribution in [2.75, 3.05) is 6.26 Å². The number of aromatic nitrogens is 2. The summed E-state index contributed by atoms with van der Waals surface area (Å²) < 4.78 is 15.1. The van der Waals surface area contributed by atoms with E-state index in [1.165, 1.54) is 12.1 Å². The van der Waals surface area contributed by atoms with Crippen LogP contribution in [-0.2, 0) is 6.54 Å². The average Bonchev–Trinajstić information content (AvgIpc) is 2.84. The fourth-order valence-electron chi connectivity index (χ4n) is 2.18. The zero-order valence-electron chi connectivity index (χ0n) is 10.5. The zero-order valence-corrected chi connectivity index (χ0v) is 11.3. The molecule has 0 aliphatic rings. The highest BCUT2D eigenvalue weighted by Gasteiger charge is 2.06. The summed E-state index contributed by atoms with van der Waals surface area (Å²) in [5.41, 5.74) is 2.24. The van der Waals surface area contributed by atoms with Gasteiger partial charge < -0.3 is 4.57 Å². The topological polar surface area (TPSA) is 17.8 Å². The van der Waals surface area contributed by atoms with Gasteiger partial charge in [-0.25, -0.2) is 9.37 Å². The third kappa shape index (κ3) is 2.36. The smallest absolute Gasteiger partial charge is 0.123 e. The number of hydrogen-bond acceptors (Lipinski definition) is 2. The Hall–Kier alpha value is -1.81. The molecule has 19 heavy (non-hydrogen) atoms. The minimum absolute atomic E-state index is 0.199. The number of halogens is 1. The van der Waals surface area contributed by atoms with E-state index in [0.717, 1.165) is 28.0 Å². The molecule has 3 aromatic rings. The molecule has 3 rings (SSSR count). The number of rotatable bonds is 3. The normalized spacial score (nSPS) is 11.1. The Kier molecular flexibility index (Phi) is 3.25. The van der Waals surface area contributed by atoms with Crippen molar-refractivity contribution in [1.29, 1.82) is 0 Å². The Labute approximate surface area is 115 Å². The van der Waals surface area contributed by atoms with Gasteiger partial charge in [0.15, 0.2) is 0 Å². The van der Waals surface area contributed by atoms with Crippen LogP contribution in [-0.4, -0.2) is 15.8 Å².